The molecule has 0 atom stereocenters. The Morgan fingerprint density at radius 3 is 1.36 bits per heavy atom. The van der Waals surface area contributed by atoms with E-state index in [2.05, 4.69) is 41.7 Å². The van der Waals surface area contributed by atoms with E-state index in [1.807, 2.05) is 0 Å². The minimum atomic E-state index is 0. The van der Waals surface area contributed by atoms with Crippen molar-refractivity contribution >= 4 is 0 Å². The monoisotopic (exact) mass is 231 g/mol. The van der Waals surface area contributed by atoms with Gasteiger partial charge in [0.05, 0.1) is 12.1 Å². The van der Waals surface area contributed by atoms with Crippen molar-refractivity contribution in [1.29, 1.82) is 0 Å². The van der Waals surface area contributed by atoms with Crippen LogP contribution in [0.25, 0.3) is 0 Å². The zero-order valence-corrected chi connectivity index (χ0v) is 11.1. The molecule has 0 N–H and O–H groups in total. The van der Waals surface area contributed by atoms with Gasteiger partial charge in [0.15, 0.2) is 0 Å². The predicted octanol–water partition coefficient (Wildman–Crippen LogP) is 2.24. The molecule has 0 heterocycles. The maximum absolute atomic E-state index is 4.16. The van der Waals surface area contributed by atoms with E-state index in [-0.39, 0.29) is 32.7 Å². The average Bonchev–Trinajstić information content (AvgIpc) is 1.85. The van der Waals surface area contributed by atoms with Crippen molar-refractivity contribution < 1.29 is 37.2 Å². The molecular weight excluding hydrogens is 211 g/mol. The van der Waals surface area contributed by atoms with Crippen molar-refractivity contribution in [2.45, 2.75) is 39.8 Å². The van der Waals surface area contributed by atoms with E-state index in [9.17, 15) is 0 Å². The Balaban J connectivity index is 0. The van der Waals surface area contributed by atoms with Crippen LogP contribution >= 0.6 is 0 Å². The first-order valence-corrected chi connectivity index (χ1v) is 3.96. The smallest absolute Gasteiger partial charge is 0.0575 e. The van der Waals surface area contributed by atoms with Gasteiger partial charge in [-0.15, -0.1) is 0 Å². The van der Waals surface area contributed by atoms with Crippen LogP contribution in [0.1, 0.15) is 27.7 Å². The van der Waals surface area contributed by atoms with Gasteiger partial charge in [0.1, 0.15) is 0 Å². The molecule has 0 saturated carbocycles. The molecule has 0 amide bonds. The third kappa shape index (κ3) is 3.52. The molecule has 11 heavy (non-hydrogen) atoms. The predicted molar refractivity (Wildman–Crippen MR) is 46.1 cm³/mol. The van der Waals surface area contributed by atoms with Crippen LogP contribution in [0.3, 0.4) is 0 Å². The Morgan fingerprint density at radius 1 is 1.09 bits per heavy atom. The summed E-state index contributed by atoms with van der Waals surface area (Å²) in [6.07, 6.45) is 0. The van der Waals surface area contributed by atoms with Gasteiger partial charge in [-0.25, -0.2) is 0 Å². The van der Waals surface area contributed by atoms with Gasteiger partial charge >= 0.3 is 0 Å². The number of rotatable bonds is 3. The molecule has 0 spiro atoms. The summed E-state index contributed by atoms with van der Waals surface area (Å²) in [5.41, 5.74) is 0. The van der Waals surface area contributed by atoms with Crippen LogP contribution in [-0.2, 0) is 32.7 Å². The van der Waals surface area contributed by atoms with Crippen molar-refractivity contribution in [3.8, 4) is 0 Å². The summed E-state index contributed by atoms with van der Waals surface area (Å²) in [6.45, 7) is 13.6. The van der Waals surface area contributed by atoms with Crippen LogP contribution in [0.5, 0.6) is 0 Å². The molecule has 0 bridgehead atoms. The van der Waals surface area contributed by atoms with E-state index in [1.165, 1.54) is 0 Å². The molecular formula is C9H20NY-. The largest absolute Gasteiger partial charge is 0.478 e. The first kappa shape index (κ1) is 14.6. The first-order valence-electron chi connectivity index (χ1n) is 3.96. The molecule has 65 valence electrons. The Morgan fingerprint density at radius 2 is 1.36 bits per heavy atom. The fraction of sp³-hybridized carbons (Fsp3) is 0.778. The number of quaternary nitrogens is 1. The molecule has 0 rings (SSSR count). The second-order valence-corrected chi connectivity index (χ2v) is 3.51. The summed E-state index contributed by atoms with van der Waals surface area (Å²) < 4.78 is 0.819. The molecule has 0 aromatic carbocycles. The minimum absolute atomic E-state index is 0. The first-order chi connectivity index (χ1) is 4.45. The van der Waals surface area contributed by atoms with E-state index < -0.39 is 0 Å². The van der Waals surface area contributed by atoms with Crippen molar-refractivity contribution in [2.24, 2.45) is 0 Å². The third-order valence-electron chi connectivity index (χ3n) is 2.47. The Bertz CT molecular complexity index is 91.7. The van der Waals surface area contributed by atoms with Crippen molar-refractivity contribution in [1.82, 2.24) is 0 Å². The quantitative estimate of drug-likeness (QED) is 0.516. The Hall–Kier alpha value is 1.06. The van der Waals surface area contributed by atoms with Crippen molar-refractivity contribution in [2.75, 3.05) is 6.54 Å². The van der Waals surface area contributed by atoms with Crippen LogP contribution in [0.4, 0.5) is 0 Å². The Labute approximate surface area is 97.0 Å². The van der Waals surface area contributed by atoms with Gasteiger partial charge in [0, 0.05) is 32.7 Å². The standard InChI is InChI=1S/C9H20N.Y/c1-7-10(6,8(2)3)9(4)5;/h8-9H,1,6-7H2,2-5H3;/q-1;. The zero-order valence-electron chi connectivity index (χ0n) is 8.30. The van der Waals surface area contributed by atoms with Gasteiger partial charge in [0.25, 0.3) is 0 Å². The van der Waals surface area contributed by atoms with Gasteiger partial charge < -0.3 is 4.48 Å². The maximum Gasteiger partial charge on any atom is 0.0575 e. The summed E-state index contributed by atoms with van der Waals surface area (Å²) in [4.78, 5) is 0. The molecule has 1 radical (unpaired) electrons. The van der Waals surface area contributed by atoms with E-state index in [4.69, 9.17) is 0 Å². The van der Waals surface area contributed by atoms with Gasteiger partial charge in [0.2, 0.25) is 0 Å². The van der Waals surface area contributed by atoms with Crippen LogP contribution in [0.15, 0.2) is 0 Å². The van der Waals surface area contributed by atoms with E-state index >= 15 is 0 Å². The van der Waals surface area contributed by atoms with Gasteiger partial charge in [-0.3, -0.25) is 6.92 Å². The van der Waals surface area contributed by atoms with Crippen molar-refractivity contribution in [3.63, 3.8) is 0 Å². The normalized spacial score (nSPS) is 12.0. The van der Waals surface area contributed by atoms with Crippen LogP contribution in [0, 0.1) is 14.0 Å². The molecule has 0 fully saturated rings. The molecule has 0 aliphatic carbocycles. The third-order valence-corrected chi connectivity index (χ3v) is 2.47. The Kier molecular flexibility index (Phi) is 7.51. The van der Waals surface area contributed by atoms with E-state index in [0.29, 0.717) is 12.1 Å². The summed E-state index contributed by atoms with van der Waals surface area (Å²) >= 11 is 0. The number of hydrogen-bond donors (Lipinski definition) is 0. The molecule has 0 unspecified atom stereocenters. The molecule has 0 aromatic rings. The second-order valence-electron chi connectivity index (χ2n) is 3.51. The summed E-state index contributed by atoms with van der Waals surface area (Å²) in [7, 11) is 4.16. The topological polar surface area (TPSA) is 0 Å². The summed E-state index contributed by atoms with van der Waals surface area (Å²) in [6, 6.07) is 1.13. The van der Waals surface area contributed by atoms with Gasteiger partial charge in [-0.1, -0.05) is 6.54 Å². The molecule has 0 aliphatic heterocycles. The van der Waals surface area contributed by atoms with Gasteiger partial charge in [-0.05, 0) is 27.7 Å². The molecule has 1 nitrogen and oxygen atoms in total. The molecule has 0 aromatic heterocycles. The molecule has 2 heteroatoms. The number of nitrogens with zero attached hydrogens (tertiary/aromatic N) is 1. The fourth-order valence-corrected chi connectivity index (χ4v) is 1.11. The minimum Gasteiger partial charge on any atom is -0.478 e. The summed E-state index contributed by atoms with van der Waals surface area (Å²) in [5, 5.41) is 0. The summed E-state index contributed by atoms with van der Waals surface area (Å²) in [5.74, 6) is 0. The van der Waals surface area contributed by atoms with Crippen LogP contribution in [0.2, 0.25) is 0 Å². The maximum atomic E-state index is 4.16. The average molecular weight is 231 g/mol. The van der Waals surface area contributed by atoms with E-state index in [1.54, 1.807) is 0 Å². The van der Waals surface area contributed by atoms with Gasteiger partial charge in [-0.2, -0.15) is 7.05 Å². The second kappa shape index (κ2) is 5.67. The molecule has 0 saturated heterocycles. The zero-order chi connectivity index (χ0) is 8.36. The number of hydrogen-bond acceptors (Lipinski definition) is 0. The van der Waals surface area contributed by atoms with Crippen LogP contribution < -0.4 is 0 Å². The molecule has 0 aliphatic rings. The SMILES string of the molecule is [CH2-]C[N+]([CH2-])(C(C)C)C(C)C.[Y]. The van der Waals surface area contributed by atoms with Crippen molar-refractivity contribution in [3.05, 3.63) is 14.0 Å². The van der Waals surface area contributed by atoms with Crippen LogP contribution in [-0.4, -0.2) is 23.1 Å². The van der Waals surface area contributed by atoms with E-state index in [0.717, 1.165) is 11.0 Å². The fourth-order valence-electron chi connectivity index (χ4n) is 1.11.